The van der Waals surface area contributed by atoms with Crippen LogP contribution in [-0.4, -0.2) is 69.3 Å². The monoisotopic (exact) mass is 747 g/mol. The molecule has 2 aromatic carbocycles. The predicted molar refractivity (Wildman–Crippen MR) is 210 cm³/mol. The molecule has 2 aliphatic rings. The quantitative estimate of drug-likeness (QED) is 0.0330. The fourth-order valence-electron chi connectivity index (χ4n) is 5.35. The van der Waals surface area contributed by atoms with Gasteiger partial charge < -0.3 is 41.8 Å². The summed E-state index contributed by atoms with van der Waals surface area (Å²) in [5, 5.41) is 14.8. The highest BCUT2D eigenvalue weighted by Crippen LogP contribution is 2.33. The number of carbonyl (C=O) groups is 2. The van der Waals surface area contributed by atoms with E-state index in [4.69, 9.17) is 48.5 Å². The molecule has 13 heteroatoms. The van der Waals surface area contributed by atoms with Crippen molar-refractivity contribution < 1.29 is 29.3 Å². The zero-order valence-electron chi connectivity index (χ0n) is 30.5. The zero-order chi connectivity index (χ0) is 38.0. The largest absolute Gasteiger partial charge is 0.491 e. The lowest BCUT2D eigenvalue weighted by Crippen LogP contribution is -2.26. The number of primary amides is 1. The van der Waals surface area contributed by atoms with Gasteiger partial charge in [0.1, 0.15) is 11.3 Å². The van der Waals surface area contributed by atoms with Crippen LogP contribution in [0.2, 0.25) is 5.02 Å². The Morgan fingerprint density at radius 2 is 1.82 bits per heavy atom. The molecule has 1 atom stereocenters. The van der Waals surface area contributed by atoms with Crippen LogP contribution in [0.25, 0.3) is 0 Å². The van der Waals surface area contributed by atoms with Crippen molar-refractivity contribution in [1.29, 1.82) is 0 Å². The van der Waals surface area contributed by atoms with E-state index in [9.17, 15) is 9.59 Å². The average Bonchev–Trinajstić information content (AvgIpc) is 3.28. The highest BCUT2D eigenvalue weighted by atomic mass is 35.5. The SMILES string of the molecule is CN1CC(CCCc2cccc(Cl)c2)COc2ccc(C(N)=O)cc21.CO.CO.CO/C(N)=C(/C=C\N)C(=O)NSCCC/C=C/CC1CCC1. The number of nitrogens with two attached hydrogens (primary N) is 3. The summed E-state index contributed by atoms with van der Waals surface area (Å²) >= 11 is 7.41. The number of nitrogens with zero attached hydrogens (tertiary/aromatic N) is 1. The molecule has 0 aromatic heterocycles. The van der Waals surface area contributed by atoms with Crippen molar-refractivity contribution in [3.8, 4) is 5.75 Å². The fraction of sp³-hybridized carbons (Fsp3) is 0.474. The van der Waals surface area contributed by atoms with E-state index in [1.54, 1.807) is 6.07 Å². The number of aryl methyl sites for hydroxylation is 1. The normalized spacial score (nSPS) is 15.6. The minimum absolute atomic E-state index is 0.0544. The lowest BCUT2D eigenvalue weighted by molar-refractivity contribution is -0.115. The number of halogens is 1. The Morgan fingerprint density at radius 1 is 1.08 bits per heavy atom. The molecule has 0 bridgehead atoms. The molecule has 1 heterocycles. The number of benzene rings is 2. The van der Waals surface area contributed by atoms with Gasteiger partial charge in [-0.25, -0.2) is 0 Å². The minimum Gasteiger partial charge on any atom is -0.491 e. The van der Waals surface area contributed by atoms with Crippen LogP contribution in [0.4, 0.5) is 5.69 Å². The number of hydrogen-bond acceptors (Lipinski definition) is 10. The number of methoxy groups -OCH3 is 1. The second-order valence-electron chi connectivity index (χ2n) is 11.9. The van der Waals surface area contributed by atoms with E-state index < -0.39 is 5.91 Å². The van der Waals surface area contributed by atoms with Gasteiger partial charge in [-0.1, -0.05) is 67.1 Å². The van der Waals surface area contributed by atoms with E-state index in [1.807, 2.05) is 37.4 Å². The van der Waals surface area contributed by atoms with Gasteiger partial charge >= 0.3 is 0 Å². The van der Waals surface area contributed by atoms with Crippen molar-refractivity contribution in [3.63, 3.8) is 0 Å². The first-order chi connectivity index (χ1) is 24.7. The molecule has 2 amide bonds. The summed E-state index contributed by atoms with van der Waals surface area (Å²) in [5.74, 6) is 2.37. The number of fused-ring (bicyclic) bond motifs is 1. The lowest BCUT2D eigenvalue weighted by Gasteiger charge is -2.23. The molecule has 0 radical (unpaired) electrons. The number of carbonyl (C=O) groups excluding carboxylic acids is 2. The van der Waals surface area contributed by atoms with Crippen LogP contribution in [0.3, 0.4) is 0 Å². The number of amides is 2. The molecule has 1 unspecified atom stereocenters. The van der Waals surface area contributed by atoms with Crippen LogP contribution in [0.15, 0.2) is 78.3 Å². The van der Waals surface area contributed by atoms with E-state index in [0.29, 0.717) is 18.1 Å². The van der Waals surface area contributed by atoms with Gasteiger partial charge in [-0.05, 0) is 92.6 Å². The number of unbranched alkanes of at least 4 members (excludes halogenated alkanes) is 1. The molecule has 9 N–H and O–H groups in total. The summed E-state index contributed by atoms with van der Waals surface area (Å²) in [6, 6.07) is 13.4. The zero-order valence-corrected chi connectivity index (χ0v) is 32.1. The van der Waals surface area contributed by atoms with E-state index in [1.165, 1.54) is 62.6 Å². The predicted octanol–water partition coefficient (Wildman–Crippen LogP) is 5.69. The Kier molecular flexibility index (Phi) is 23.8. The molecule has 51 heavy (non-hydrogen) atoms. The molecule has 1 saturated carbocycles. The van der Waals surface area contributed by atoms with Gasteiger partial charge in [0, 0.05) is 50.1 Å². The Hall–Kier alpha value is -3.84. The summed E-state index contributed by atoms with van der Waals surface area (Å²) in [4.78, 5) is 25.5. The van der Waals surface area contributed by atoms with Crippen LogP contribution < -0.4 is 31.6 Å². The van der Waals surface area contributed by atoms with Crippen LogP contribution in [0.5, 0.6) is 5.75 Å². The number of aliphatic hydroxyl groups is 2. The number of aliphatic hydroxyl groups excluding tert-OH is 2. The first-order valence-electron chi connectivity index (χ1n) is 17.1. The van der Waals surface area contributed by atoms with E-state index in [2.05, 4.69) is 27.8 Å². The van der Waals surface area contributed by atoms with Crippen LogP contribution in [0.1, 0.15) is 67.3 Å². The molecule has 284 valence electrons. The third-order valence-electron chi connectivity index (χ3n) is 8.26. The summed E-state index contributed by atoms with van der Waals surface area (Å²) < 4.78 is 13.6. The number of anilines is 1. The minimum atomic E-state index is -0.418. The van der Waals surface area contributed by atoms with Crippen molar-refractivity contribution in [2.75, 3.05) is 52.2 Å². The molecular weight excluding hydrogens is 690 g/mol. The number of ether oxygens (including phenoxy) is 2. The number of rotatable bonds is 15. The highest BCUT2D eigenvalue weighted by molar-refractivity contribution is 7.97. The van der Waals surface area contributed by atoms with Gasteiger partial charge in [-0.2, -0.15) is 0 Å². The third-order valence-corrected chi connectivity index (χ3v) is 9.32. The topological polar surface area (TPSA) is 186 Å². The molecule has 2 aromatic rings. The number of allylic oxidation sites excluding steroid dienone is 2. The van der Waals surface area contributed by atoms with Crippen LogP contribution in [-0.2, 0) is 16.0 Å². The summed E-state index contributed by atoms with van der Waals surface area (Å²) in [7, 11) is 5.44. The highest BCUT2D eigenvalue weighted by Gasteiger charge is 2.22. The molecule has 4 rings (SSSR count). The molecule has 1 fully saturated rings. The van der Waals surface area contributed by atoms with Gasteiger partial charge in [-0.3, -0.25) is 14.3 Å². The van der Waals surface area contributed by atoms with Gasteiger partial charge in [0.2, 0.25) is 5.91 Å². The van der Waals surface area contributed by atoms with E-state index >= 15 is 0 Å². The van der Waals surface area contributed by atoms with Crippen molar-refractivity contribution in [1.82, 2.24) is 4.72 Å². The van der Waals surface area contributed by atoms with Crippen molar-refractivity contribution in [3.05, 3.63) is 94.5 Å². The average molecular weight is 748 g/mol. The molecule has 0 spiro atoms. The first-order valence-corrected chi connectivity index (χ1v) is 18.5. The maximum absolute atomic E-state index is 11.9. The van der Waals surface area contributed by atoms with Gasteiger partial charge in [-0.15, -0.1) is 0 Å². The standard InChI is InChI=1S/C20H23ClN2O2.C16H27N3O2S.2CH4O/c1-23-12-15(6-2-4-14-5-3-7-17(21)10-14)13-25-19-9-8-16(20(22)24)11-18(19)23;1-21-15(18)14(10-11-17)16(20)19-22-12-5-3-2-4-7-13-8-6-9-13;2*1-2/h3,5,7-11,15H,2,4,6,12-13H2,1H3,(H2,22,24);2,4,10-11,13H,3,5-9,12,17-18H2,1H3,(H,19,20);2*2H,1H3/b;4-2+,11-10-,15-14-;;. The Balaban J connectivity index is 0.000000469. The molecule has 11 nitrogen and oxygen atoms in total. The van der Waals surface area contributed by atoms with Gasteiger partial charge in [0.15, 0.2) is 5.88 Å². The number of hydrogen-bond donors (Lipinski definition) is 6. The van der Waals surface area contributed by atoms with Crippen molar-refractivity contribution >= 4 is 41.1 Å². The van der Waals surface area contributed by atoms with E-state index in [-0.39, 0.29) is 17.4 Å². The molecule has 1 aliphatic heterocycles. The Bertz CT molecular complexity index is 1400. The smallest absolute Gasteiger partial charge is 0.266 e. The second-order valence-corrected chi connectivity index (χ2v) is 13.2. The first kappa shape index (κ1) is 45.2. The Labute approximate surface area is 313 Å². The summed E-state index contributed by atoms with van der Waals surface area (Å²) in [6.45, 7) is 1.58. The summed E-state index contributed by atoms with van der Waals surface area (Å²) in [5.41, 5.74) is 19.2. The molecular formula is C38H58ClN5O6S. The second kappa shape index (κ2) is 26.9. The molecule has 1 aliphatic carbocycles. The fourth-order valence-corrected chi connectivity index (χ4v) is 6.22. The van der Waals surface area contributed by atoms with E-state index in [0.717, 1.165) is 81.0 Å². The van der Waals surface area contributed by atoms with Gasteiger partial charge in [0.25, 0.3) is 5.91 Å². The van der Waals surface area contributed by atoms with Crippen molar-refractivity contribution in [2.45, 2.75) is 57.8 Å². The Morgan fingerprint density at radius 3 is 2.45 bits per heavy atom. The van der Waals surface area contributed by atoms with Crippen molar-refractivity contribution in [2.24, 2.45) is 29.0 Å². The summed E-state index contributed by atoms with van der Waals surface area (Å²) in [6.07, 6.45) is 17.9. The van der Waals surface area contributed by atoms with Crippen LogP contribution in [0, 0.1) is 11.8 Å². The maximum Gasteiger partial charge on any atom is 0.266 e. The third kappa shape index (κ3) is 17.3. The number of nitrogens with one attached hydrogen (secondary N) is 1. The maximum atomic E-state index is 11.9. The molecule has 0 saturated heterocycles. The van der Waals surface area contributed by atoms with Gasteiger partial charge in [0.05, 0.1) is 19.4 Å². The lowest BCUT2D eigenvalue weighted by atomic mass is 9.83. The van der Waals surface area contributed by atoms with Crippen LogP contribution >= 0.6 is 23.5 Å².